The van der Waals surface area contributed by atoms with E-state index in [9.17, 15) is 9.18 Å². The smallest absolute Gasteiger partial charge is 0.266 e. The molecule has 2 rings (SSSR count). The number of thioether (sulfide) groups is 1. The normalized spacial score (nSPS) is 16.9. The number of halogens is 1. The highest BCUT2D eigenvalue weighted by Crippen LogP contribution is 2.32. The van der Waals surface area contributed by atoms with E-state index in [2.05, 4.69) is 6.58 Å². The Morgan fingerprint density at radius 3 is 2.90 bits per heavy atom. The fourth-order valence-corrected chi connectivity index (χ4v) is 2.99. The summed E-state index contributed by atoms with van der Waals surface area (Å²) in [5, 5.41) is 0. The molecule has 1 fully saturated rings. The van der Waals surface area contributed by atoms with Crippen LogP contribution in [0.1, 0.15) is 5.56 Å². The largest absolute Gasteiger partial charge is 0.494 e. The van der Waals surface area contributed by atoms with Crippen LogP contribution in [0, 0.1) is 5.82 Å². The number of benzene rings is 1. The molecule has 1 amide bonds. The zero-order valence-electron chi connectivity index (χ0n) is 10.8. The summed E-state index contributed by atoms with van der Waals surface area (Å²) in [6, 6.07) is 4.52. The molecule has 0 radical (unpaired) electrons. The predicted octanol–water partition coefficient (Wildman–Crippen LogP) is 3.22. The Bertz CT molecular complexity index is 613. The van der Waals surface area contributed by atoms with E-state index in [0.717, 1.165) is 0 Å². The third kappa shape index (κ3) is 2.91. The number of ether oxygens (including phenoxy) is 1. The molecule has 1 saturated heterocycles. The lowest BCUT2D eigenvalue weighted by Crippen LogP contribution is -2.27. The minimum absolute atomic E-state index is 0.168. The number of thiocarbonyl (C=S) groups is 1. The van der Waals surface area contributed by atoms with Crippen LogP contribution in [0.4, 0.5) is 4.39 Å². The monoisotopic (exact) mass is 309 g/mol. The van der Waals surface area contributed by atoms with E-state index in [1.165, 1.54) is 35.9 Å². The van der Waals surface area contributed by atoms with E-state index in [0.29, 0.717) is 21.3 Å². The van der Waals surface area contributed by atoms with Crippen LogP contribution in [0.2, 0.25) is 0 Å². The summed E-state index contributed by atoms with van der Waals surface area (Å²) in [5.41, 5.74) is 0.586. The standard InChI is InChI=1S/C14H12FNO2S2/c1-3-6-16-13(17)12(20-14(16)19)8-9-4-5-11(18-2)10(15)7-9/h3-5,7-8H,1,6H2,2H3/b12-8+. The molecule has 6 heteroatoms. The Balaban J connectivity index is 2.28. The second-order valence-electron chi connectivity index (χ2n) is 3.97. The fourth-order valence-electron chi connectivity index (χ4n) is 1.71. The third-order valence-corrected chi connectivity index (χ3v) is 4.04. The molecule has 1 aliphatic heterocycles. The van der Waals surface area contributed by atoms with Crippen molar-refractivity contribution in [1.82, 2.24) is 4.90 Å². The molecule has 3 nitrogen and oxygen atoms in total. The van der Waals surface area contributed by atoms with Gasteiger partial charge in [0.25, 0.3) is 5.91 Å². The Hall–Kier alpha value is -1.66. The summed E-state index contributed by atoms with van der Waals surface area (Å²) < 4.78 is 18.9. The molecule has 1 aromatic carbocycles. The molecular weight excluding hydrogens is 297 g/mol. The van der Waals surface area contributed by atoms with Gasteiger partial charge in [-0.2, -0.15) is 0 Å². The molecule has 1 heterocycles. The first kappa shape index (κ1) is 14.7. The van der Waals surface area contributed by atoms with E-state index in [-0.39, 0.29) is 11.7 Å². The number of amides is 1. The summed E-state index contributed by atoms with van der Waals surface area (Å²) in [6.45, 7) is 3.96. The van der Waals surface area contributed by atoms with Crippen LogP contribution in [-0.4, -0.2) is 28.8 Å². The van der Waals surface area contributed by atoms with Crippen LogP contribution >= 0.6 is 24.0 Å². The van der Waals surface area contributed by atoms with Crippen LogP contribution in [-0.2, 0) is 4.79 Å². The van der Waals surface area contributed by atoms with Gasteiger partial charge in [0.15, 0.2) is 11.6 Å². The maximum atomic E-state index is 13.6. The molecule has 0 spiro atoms. The number of rotatable bonds is 4. The number of hydrogen-bond donors (Lipinski definition) is 0. The van der Waals surface area contributed by atoms with Gasteiger partial charge in [-0.1, -0.05) is 36.1 Å². The third-order valence-electron chi connectivity index (χ3n) is 2.66. The van der Waals surface area contributed by atoms with Crippen molar-refractivity contribution >= 4 is 40.3 Å². The predicted molar refractivity (Wildman–Crippen MR) is 83.0 cm³/mol. The number of methoxy groups -OCH3 is 1. The Kier molecular flexibility index (Phi) is 4.57. The van der Waals surface area contributed by atoms with Crippen LogP contribution in [0.3, 0.4) is 0 Å². The van der Waals surface area contributed by atoms with Gasteiger partial charge in [-0.3, -0.25) is 9.69 Å². The Morgan fingerprint density at radius 1 is 1.55 bits per heavy atom. The molecule has 1 aliphatic rings. The van der Waals surface area contributed by atoms with Crippen molar-refractivity contribution in [2.75, 3.05) is 13.7 Å². The maximum absolute atomic E-state index is 13.6. The lowest BCUT2D eigenvalue weighted by Gasteiger charge is -2.10. The van der Waals surface area contributed by atoms with E-state index < -0.39 is 5.82 Å². The first-order valence-corrected chi connectivity index (χ1v) is 6.99. The van der Waals surface area contributed by atoms with Gasteiger partial charge in [-0.15, -0.1) is 6.58 Å². The number of hydrogen-bond acceptors (Lipinski definition) is 4. The quantitative estimate of drug-likeness (QED) is 0.485. The first-order chi connectivity index (χ1) is 9.56. The summed E-state index contributed by atoms with van der Waals surface area (Å²) in [4.78, 5) is 14.0. The number of carbonyl (C=O) groups excluding carboxylic acids is 1. The molecule has 0 aromatic heterocycles. The average Bonchev–Trinajstić information content (AvgIpc) is 2.67. The summed E-state index contributed by atoms with van der Waals surface area (Å²) in [7, 11) is 1.40. The lowest BCUT2D eigenvalue weighted by molar-refractivity contribution is -0.121. The van der Waals surface area contributed by atoms with Crippen molar-refractivity contribution in [3.05, 3.63) is 47.1 Å². The topological polar surface area (TPSA) is 29.5 Å². The van der Waals surface area contributed by atoms with Gasteiger partial charge in [0.2, 0.25) is 0 Å². The van der Waals surface area contributed by atoms with E-state index >= 15 is 0 Å². The zero-order valence-corrected chi connectivity index (χ0v) is 12.4. The Morgan fingerprint density at radius 2 is 2.30 bits per heavy atom. The SMILES string of the molecule is C=CCN1C(=O)/C(=C\c2ccc(OC)c(F)c2)SC1=S. The van der Waals surface area contributed by atoms with E-state index in [1.807, 2.05) is 0 Å². The Labute approximate surface area is 126 Å². The van der Waals surface area contributed by atoms with E-state index in [1.54, 1.807) is 18.2 Å². The minimum Gasteiger partial charge on any atom is -0.494 e. The molecule has 1 aromatic rings. The molecular formula is C14H12FNO2S2. The summed E-state index contributed by atoms with van der Waals surface area (Å²) in [5.74, 6) is -0.486. The lowest BCUT2D eigenvalue weighted by atomic mass is 10.2. The van der Waals surface area contributed by atoms with Gasteiger partial charge in [0.1, 0.15) is 4.32 Å². The number of carbonyl (C=O) groups is 1. The van der Waals surface area contributed by atoms with Gasteiger partial charge in [0.05, 0.1) is 12.0 Å². The number of nitrogens with zero attached hydrogens (tertiary/aromatic N) is 1. The van der Waals surface area contributed by atoms with Gasteiger partial charge >= 0.3 is 0 Å². The molecule has 0 N–H and O–H groups in total. The summed E-state index contributed by atoms with van der Waals surface area (Å²) >= 11 is 6.33. The molecule has 0 atom stereocenters. The van der Waals surface area contributed by atoms with Gasteiger partial charge in [-0.05, 0) is 23.8 Å². The van der Waals surface area contributed by atoms with Crippen LogP contribution in [0.15, 0.2) is 35.8 Å². The minimum atomic E-state index is -0.470. The van der Waals surface area contributed by atoms with Crippen LogP contribution < -0.4 is 4.74 Å². The van der Waals surface area contributed by atoms with Crippen molar-refractivity contribution in [1.29, 1.82) is 0 Å². The van der Waals surface area contributed by atoms with Crippen molar-refractivity contribution in [3.8, 4) is 5.75 Å². The second-order valence-corrected chi connectivity index (χ2v) is 5.65. The zero-order chi connectivity index (χ0) is 14.7. The van der Waals surface area contributed by atoms with Gasteiger partial charge in [0, 0.05) is 6.54 Å². The fraction of sp³-hybridized carbons (Fsp3) is 0.143. The molecule has 0 unspecified atom stereocenters. The van der Waals surface area contributed by atoms with Crippen molar-refractivity contribution in [2.24, 2.45) is 0 Å². The van der Waals surface area contributed by atoms with Crippen LogP contribution in [0.5, 0.6) is 5.75 Å². The maximum Gasteiger partial charge on any atom is 0.266 e. The van der Waals surface area contributed by atoms with Crippen molar-refractivity contribution in [3.63, 3.8) is 0 Å². The van der Waals surface area contributed by atoms with Gasteiger partial charge in [-0.25, -0.2) is 4.39 Å². The molecule has 0 saturated carbocycles. The highest BCUT2D eigenvalue weighted by Gasteiger charge is 2.30. The van der Waals surface area contributed by atoms with Crippen molar-refractivity contribution < 1.29 is 13.9 Å². The average molecular weight is 309 g/mol. The van der Waals surface area contributed by atoms with Crippen molar-refractivity contribution in [2.45, 2.75) is 0 Å². The summed E-state index contributed by atoms with van der Waals surface area (Å²) in [6.07, 6.45) is 3.23. The highest BCUT2D eigenvalue weighted by atomic mass is 32.2. The second kappa shape index (κ2) is 6.19. The highest BCUT2D eigenvalue weighted by molar-refractivity contribution is 8.26. The molecule has 0 bridgehead atoms. The van der Waals surface area contributed by atoms with E-state index in [4.69, 9.17) is 17.0 Å². The molecule has 104 valence electrons. The first-order valence-electron chi connectivity index (χ1n) is 5.76. The van der Waals surface area contributed by atoms with Gasteiger partial charge < -0.3 is 4.74 Å². The molecule has 0 aliphatic carbocycles. The molecule has 20 heavy (non-hydrogen) atoms. The van der Waals surface area contributed by atoms with Crippen LogP contribution in [0.25, 0.3) is 6.08 Å².